The van der Waals surface area contributed by atoms with Crippen molar-refractivity contribution < 1.29 is 9.59 Å². The SMILES string of the molecule is O=C1CC(=O)N(c2cn3c(-c4ccccc4)csc3n2)N1. The Morgan fingerprint density at radius 3 is 2.71 bits per heavy atom. The van der Waals surface area contributed by atoms with E-state index in [1.54, 1.807) is 6.20 Å². The van der Waals surface area contributed by atoms with Gasteiger partial charge in [0.1, 0.15) is 6.42 Å². The number of thiazole rings is 1. The van der Waals surface area contributed by atoms with E-state index in [1.807, 2.05) is 40.1 Å². The number of carbonyl (C=O) groups excluding carboxylic acids is 2. The Bertz CT molecular complexity index is 852. The highest BCUT2D eigenvalue weighted by Crippen LogP contribution is 2.28. The van der Waals surface area contributed by atoms with Gasteiger partial charge in [-0.25, -0.2) is 5.01 Å². The molecular weight excluding hydrogens is 288 g/mol. The first-order valence-corrected chi connectivity index (χ1v) is 7.25. The molecule has 1 fully saturated rings. The zero-order valence-corrected chi connectivity index (χ0v) is 11.6. The molecule has 2 amide bonds. The van der Waals surface area contributed by atoms with Crippen molar-refractivity contribution in [2.24, 2.45) is 0 Å². The molecule has 3 aromatic rings. The summed E-state index contributed by atoms with van der Waals surface area (Å²) in [4.78, 5) is 28.2. The standard InChI is InChI=1S/C14H10N4O2S/c19-12-6-13(20)18(16-12)11-7-17-10(8-21-14(17)15-11)9-4-2-1-3-5-9/h1-5,7-8H,6H2,(H,16,19). The van der Waals surface area contributed by atoms with Gasteiger partial charge in [0.25, 0.3) is 5.91 Å². The summed E-state index contributed by atoms with van der Waals surface area (Å²) < 4.78 is 1.92. The molecule has 1 N–H and O–H groups in total. The molecule has 0 saturated carbocycles. The van der Waals surface area contributed by atoms with Gasteiger partial charge in [0.2, 0.25) is 5.91 Å². The van der Waals surface area contributed by atoms with Gasteiger partial charge < -0.3 is 0 Å². The molecule has 0 radical (unpaired) electrons. The summed E-state index contributed by atoms with van der Waals surface area (Å²) in [5, 5.41) is 3.22. The van der Waals surface area contributed by atoms with Crippen molar-refractivity contribution in [2.75, 3.05) is 5.01 Å². The number of carbonyl (C=O) groups is 2. The van der Waals surface area contributed by atoms with Crippen LogP contribution in [0.5, 0.6) is 0 Å². The molecule has 0 bridgehead atoms. The van der Waals surface area contributed by atoms with E-state index in [0.29, 0.717) is 5.82 Å². The molecule has 2 aromatic heterocycles. The van der Waals surface area contributed by atoms with Crippen molar-refractivity contribution in [1.29, 1.82) is 0 Å². The largest absolute Gasteiger partial charge is 0.288 e. The van der Waals surface area contributed by atoms with Crippen LogP contribution in [-0.4, -0.2) is 21.2 Å². The lowest BCUT2D eigenvalue weighted by molar-refractivity contribution is -0.122. The van der Waals surface area contributed by atoms with E-state index >= 15 is 0 Å². The van der Waals surface area contributed by atoms with Crippen LogP contribution in [0.3, 0.4) is 0 Å². The van der Waals surface area contributed by atoms with Gasteiger partial charge in [-0.2, -0.15) is 4.98 Å². The van der Waals surface area contributed by atoms with Crippen LogP contribution in [0.1, 0.15) is 6.42 Å². The third-order valence-electron chi connectivity index (χ3n) is 3.29. The fourth-order valence-electron chi connectivity index (χ4n) is 2.32. The molecule has 21 heavy (non-hydrogen) atoms. The molecule has 0 spiro atoms. The van der Waals surface area contributed by atoms with Crippen molar-refractivity contribution >= 4 is 33.9 Å². The van der Waals surface area contributed by atoms with Crippen molar-refractivity contribution in [3.8, 4) is 11.3 Å². The third kappa shape index (κ3) is 1.90. The number of amides is 2. The predicted molar refractivity (Wildman–Crippen MR) is 78.8 cm³/mol. The Hall–Kier alpha value is -2.67. The predicted octanol–water partition coefficient (Wildman–Crippen LogP) is 1.83. The number of aromatic nitrogens is 2. The van der Waals surface area contributed by atoms with Gasteiger partial charge in [-0.1, -0.05) is 30.3 Å². The molecule has 0 aliphatic carbocycles. The number of benzene rings is 1. The first kappa shape index (κ1) is 12.1. The number of hydrogen-bond acceptors (Lipinski definition) is 4. The molecule has 1 aliphatic rings. The van der Waals surface area contributed by atoms with E-state index in [2.05, 4.69) is 10.4 Å². The van der Waals surface area contributed by atoms with E-state index in [-0.39, 0.29) is 18.2 Å². The Labute approximate surface area is 123 Å². The zero-order valence-electron chi connectivity index (χ0n) is 10.8. The van der Waals surface area contributed by atoms with Crippen LogP contribution in [0.4, 0.5) is 5.82 Å². The highest BCUT2D eigenvalue weighted by atomic mass is 32.1. The summed E-state index contributed by atoms with van der Waals surface area (Å²) in [6.45, 7) is 0. The second-order valence-corrected chi connectivity index (χ2v) is 5.52. The molecule has 7 heteroatoms. The average molecular weight is 298 g/mol. The molecule has 4 rings (SSSR count). The molecule has 0 unspecified atom stereocenters. The van der Waals surface area contributed by atoms with Gasteiger partial charge >= 0.3 is 0 Å². The minimum atomic E-state index is -0.306. The van der Waals surface area contributed by atoms with Gasteiger partial charge in [-0.3, -0.25) is 19.4 Å². The van der Waals surface area contributed by atoms with Gasteiger partial charge in [-0.05, 0) is 5.56 Å². The maximum atomic E-state index is 11.7. The van der Waals surface area contributed by atoms with Crippen LogP contribution >= 0.6 is 11.3 Å². The topological polar surface area (TPSA) is 66.7 Å². The van der Waals surface area contributed by atoms with E-state index in [4.69, 9.17) is 0 Å². The Morgan fingerprint density at radius 2 is 2.00 bits per heavy atom. The van der Waals surface area contributed by atoms with E-state index < -0.39 is 0 Å². The first-order chi connectivity index (χ1) is 10.2. The maximum absolute atomic E-state index is 11.7. The average Bonchev–Trinajstić information content (AvgIpc) is 3.13. The molecule has 3 heterocycles. The van der Waals surface area contributed by atoms with Crippen LogP contribution in [0.25, 0.3) is 16.2 Å². The fourth-order valence-corrected chi connectivity index (χ4v) is 3.20. The number of imidazole rings is 1. The summed E-state index contributed by atoms with van der Waals surface area (Å²) in [7, 11) is 0. The second kappa shape index (κ2) is 4.42. The van der Waals surface area contributed by atoms with Crippen molar-refractivity contribution in [3.05, 3.63) is 41.9 Å². The summed E-state index contributed by atoms with van der Waals surface area (Å²) in [6, 6.07) is 9.94. The smallest absolute Gasteiger partial charge is 0.256 e. The van der Waals surface area contributed by atoms with Crippen LogP contribution in [-0.2, 0) is 9.59 Å². The Kier molecular flexibility index (Phi) is 2.55. The molecule has 6 nitrogen and oxygen atoms in total. The summed E-state index contributed by atoms with van der Waals surface area (Å²) >= 11 is 1.49. The monoisotopic (exact) mass is 298 g/mol. The van der Waals surface area contributed by atoms with Crippen LogP contribution < -0.4 is 10.4 Å². The van der Waals surface area contributed by atoms with Gasteiger partial charge in [0, 0.05) is 5.38 Å². The summed E-state index contributed by atoms with van der Waals surface area (Å²) in [5.41, 5.74) is 4.58. The van der Waals surface area contributed by atoms with Crippen molar-refractivity contribution in [3.63, 3.8) is 0 Å². The van der Waals surface area contributed by atoms with Gasteiger partial charge in [0.15, 0.2) is 10.8 Å². The lowest BCUT2D eigenvalue weighted by atomic mass is 10.2. The third-order valence-corrected chi connectivity index (χ3v) is 4.13. The number of rotatable bonds is 2. The molecule has 1 saturated heterocycles. The Morgan fingerprint density at radius 1 is 1.19 bits per heavy atom. The number of anilines is 1. The van der Waals surface area contributed by atoms with Crippen LogP contribution in [0.2, 0.25) is 0 Å². The Balaban J connectivity index is 1.80. The van der Waals surface area contributed by atoms with Crippen molar-refractivity contribution in [1.82, 2.24) is 14.8 Å². The van der Waals surface area contributed by atoms with Crippen molar-refractivity contribution in [2.45, 2.75) is 6.42 Å². The lowest BCUT2D eigenvalue weighted by Gasteiger charge is -2.10. The molecule has 0 atom stereocenters. The van der Waals surface area contributed by atoms with E-state index in [0.717, 1.165) is 16.2 Å². The number of nitrogens with one attached hydrogen (secondary N) is 1. The molecule has 1 aliphatic heterocycles. The van der Waals surface area contributed by atoms with Crippen LogP contribution in [0, 0.1) is 0 Å². The van der Waals surface area contributed by atoms with E-state index in [1.165, 1.54) is 16.3 Å². The fraction of sp³-hybridized carbons (Fsp3) is 0.0714. The lowest BCUT2D eigenvalue weighted by Crippen LogP contribution is -2.36. The highest BCUT2D eigenvalue weighted by Gasteiger charge is 2.30. The number of fused-ring (bicyclic) bond motifs is 1. The highest BCUT2D eigenvalue weighted by molar-refractivity contribution is 7.15. The molecular formula is C14H10N4O2S. The number of nitrogens with zero attached hydrogens (tertiary/aromatic N) is 3. The summed E-state index contributed by atoms with van der Waals surface area (Å²) in [6.07, 6.45) is 1.63. The normalized spacial score (nSPS) is 15.0. The number of hydrogen-bond donors (Lipinski definition) is 1. The molecule has 104 valence electrons. The minimum Gasteiger partial charge on any atom is -0.288 e. The second-order valence-electron chi connectivity index (χ2n) is 4.68. The minimum absolute atomic E-state index is 0.128. The number of hydrazine groups is 1. The quantitative estimate of drug-likeness (QED) is 0.734. The van der Waals surface area contributed by atoms with E-state index in [9.17, 15) is 9.59 Å². The van der Waals surface area contributed by atoms with Gasteiger partial charge in [-0.15, -0.1) is 11.3 Å². The maximum Gasteiger partial charge on any atom is 0.256 e. The summed E-state index contributed by atoms with van der Waals surface area (Å²) in [5.74, 6) is -0.151. The van der Waals surface area contributed by atoms with Crippen LogP contribution in [0.15, 0.2) is 41.9 Å². The molecule has 1 aromatic carbocycles. The van der Waals surface area contributed by atoms with Gasteiger partial charge in [0.05, 0.1) is 11.9 Å². The zero-order chi connectivity index (χ0) is 14.4. The first-order valence-electron chi connectivity index (χ1n) is 6.37.